The molecule has 5 atom stereocenters. The number of hydrogen-bond acceptors (Lipinski definition) is 5. The minimum absolute atomic E-state index is 0.166. The van der Waals surface area contributed by atoms with Gasteiger partial charge in [0.05, 0.1) is 30.1 Å². The number of aryl methyl sites for hydroxylation is 1. The van der Waals surface area contributed by atoms with Crippen LogP contribution in [0.2, 0.25) is 0 Å². The molecule has 2 fully saturated rings. The summed E-state index contributed by atoms with van der Waals surface area (Å²) in [6.45, 7) is 3.84. The van der Waals surface area contributed by atoms with Gasteiger partial charge in [-0.05, 0) is 38.2 Å². The summed E-state index contributed by atoms with van der Waals surface area (Å²) in [5, 5.41) is 21.4. The first-order valence-corrected chi connectivity index (χ1v) is 9.94. The first-order valence-electron chi connectivity index (χ1n) is 9.94. The Labute approximate surface area is 165 Å². The molecule has 1 aliphatic carbocycles. The van der Waals surface area contributed by atoms with E-state index >= 15 is 0 Å². The van der Waals surface area contributed by atoms with Gasteiger partial charge >= 0.3 is 0 Å². The molecule has 1 saturated carbocycles. The molecule has 6 heteroatoms. The Morgan fingerprint density at radius 2 is 1.89 bits per heavy atom. The third kappa shape index (κ3) is 3.10. The zero-order valence-corrected chi connectivity index (χ0v) is 16.3. The van der Waals surface area contributed by atoms with Gasteiger partial charge in [-0.2, -0.15) is 0 Å². The third-order valence-electron chi connectivity index (χ3n) is 6.50. The lowest BCUT2D eigenvalue weighted by atomic mass is 9.74. The van der Waals surface area contributed by atoms with Crippen LogP contribution >= 0.6 is 0 Å². The molecule has 2 aromatic rings. The van der Waals surface area contributed by atoms with Crippen LogP contribution < -0.4 is 0 Å². The van der Waals surface area contributed by atoms with Crippen molar-refractivity contribution in [2.75, 3.05) is 0 Å². The van der Waals surface area contributed by atoms with Crippen molar-refractivity contribution in [3.8, 4) is 0 Å². The number of aliphatic hydroxyl groups is 2. The van der Waals surface area contributed by atoms with E-state index in [1.54, 1.807) is 6.20 Å². The van der Waals surface area contributed by atoms with Gasteiger partial charge in [0.2, 0.25) is 0 Å². The number of nitrogens with zero attached hydrogens (tertiary/aromatic N) is 3. The van der Waals surface area contributed by atoms with Crippen molar-refractivity contribution in [3.63, 3.8) is 0 Å². The minimum Gasteiger partial charge on any atom is -0.390 e. The quantitative estimate of drug-likeness (QED) is 0.835. The van der Waals surface area contributed by atoms with Gasteiger partial charge in [0.25, 0.3) is 5.91 Å². The summed E-state index contributed by atoms with van der Waals surface area (Å²) >= 11 is 0. The summed E-state index contributed by atoms with van der Waals surface area (Å²) in [4.78, 5) is 23.9. The molecule has 0 spiro atoms. The number of benzene rings is 1. The van der Waals surface area contributed by atoms with Gasteiger partial charge in [-0.1, -0.05) is 37.3 Å². The number of likely N-dealkylation sites (tertiary alicyclic amines) is 1. The highest BCUT2D eigenvalue weighted by molar-refractivity contribution is 5.93. The zero-order valence-electron chi connectivity index (χ0n) is 16.3. The molecule has 2 heterocycles. The number of carbonyl (C=O) groups is 1. The van der Waals surface area contributed by atoms with E-state index in [0.717, 1.165) is 24.1 Å². The molecule has 1 aromatic heterocycles. The molecule has 0 bridgehead atoms. The summed E-state index contributed by atoms with van der Waals surface area (Å²) < 4.78 is 0. The van der Waals surface area contributed by atoms with Crippen LogP contribution in [0.1, 0.15) is 60.4 Å². The summed E-state index contributed by atoms with van der Waals surface area (Å²) in [6, 6.07) is 9.57. The van der Waals surface area contributed by atoms with Gasteiger partial charge in [0, 0.05) is 17.7 Å². The number of rotatable bonds is 2. The van der Waals surface area contributed by atoms with Gasteiger partial charge in [0.15, 0.2) is 0 Å². The SMILES string of the molecule is Cc1cnc(C(=O)N2[C@@H](c3ccccc3)C[C@@]3(C)[C@@H](O)[C@H](O)CCC[C@@H]23)cn1. The molecule has 2 N–H and O–H groups in total. The topological polar surface area (TPSA) is 86.6 Å². The van der Waals surface area contributed by atoms with E-state index in [-0.39, 0.29) is 18.0 Å². The van der Waals surface area contributed by atoms with Crippen molar-refractivity contribution >= 4 is 5.91 Å². The molecule has 6 nitrogen and oxygen atoms in total. The van der Waals surface area contributed by atoms with E-state index in [2.05, 4.69) is 9.97 Å². The Morgan fingerprint density at radius 3 is 2.57 bits per heavy atom. The summed E-state index contributed by atoms with van der Waals surface area (Å²) in [5.74, 6) is -0.168. The maximum absolute atomic E-state index is 13.5. The van der Waals surface area contributed by atoms with Gasteiger partial charge in [-0.15, -0.1) is 0 Å². The molecular weight excluding hydrogens is 354 g/mol. The van der Waals surface area contributed by atoms with Crippen LogP contribution in [0.3, 0.4) is 0 Å². The Balaban J connectivity index is 1.79. The minimum atomic E-state index is -0.867. The van der Waals surface area contributed by atoms with Crippen LogP contribution in [-0.4, -0.2) is 49.2 Å². The summed E-state index contributed by atoms with van der Waals surface area (Å²) in [6.07, 6.45) is 4.17. The molecule has 2 aliphatic rings. The fourth-order valence-corrected chi connectivity index (χ4v) is 4.96. The fourth-order valence-electron chi connectivity index (χ4n) is 4.96. The number of aliphatic hydroxyl groups excluding tert-OH is 2. The Bertz CT molecular complexity index is 842. The second-order valence-electron chi connectivity index (χ2n) is 8.35. The van der Waals surface area contributed by atoms with Crippen molar-refractivity contribution in [2.24, 2.45) is 5.41 Å². The second kappa shape index (κ2) is 7.26. The fraction of sp³-hybridized carbons (Fsp3) is 0.500. The molecule has 148 valence electrons. The van der Waals surface area contributed by atoms with Gasteiger partial charge < -0.3 is 15.1 Å². The number of hydrogen-bond donors (Lipinski definition) is 2. The van der Waals surface area contributed by atoms with Crippen molar-refractivity contribution in [3.05, 3.63) is 59.7 Å². The standard InChI is InChI=1S/C22H27N3O3/c1-14-12-24-16(13-23-14)21(28)25-17(15-7-4-3-5-8-15)11-22(2)19(25)10-6-9-18(26)20(22)27/h3-5,7-8,12-13,17-20,26-27H,6,9-11H2,1-2H3/t17-,18-,19-,20+,22-/m1/s1. The van der Waals surface area contributed by atoms with E-state index in [4.69, 9.17) is 0 Å². The lowest BCUT2D eigenvalue weighted by Crippen LogP contribution is -2.49. The number of carbonyl (C=O) groups excluding carboxylic acids is 1. The van der Waals surface area contributed by atoms with Crippen molar-refractivity contribution in [1.29, 1.82) is 0 Å². The maximum atomic E-state index is 13.5. The van der Waals surface area contributed by atoms with E-state index < -0.39 is 17.6 Å². The van der Waals surface area contributed by atoms with Crippen LogP contribution in [0.15, 0.2) is 42.7 Å². The molecule has 28 heavy (non-hydrogen) atoms. The summed E-state index contributed by atoms with van der Waals surface area (Å²) in [7, 11) is 0. The molecule has 0 radical (unpaired) electrons. The Hall–Kier alpha value is -2.31. The van der Waals surface area contributed by atoms with E-state index in [0.29, 0.717) is 18.5 Å². The summed E-state index contributed by atoms with van der Waals surface area (Å²) in [5.41, 5.74) is 1.53. The molecule has 0 unspecified atom stereocenters. The predicted molar refractivity (Wildman–Crippen MR) is 104 cm³/mol. The second-order valence-corrected chi connectivity index (χ2v) is 8.35. The highest BCUT2D eigenvalue weighted by Gasteiger charge is 2.57. The van der Waals surface area contributed by atoms with Crippen LogP contribution in [0.25, 0.3) is 0 Å². The van der Waals surface area contributed by atoms with Crippen molar-refractivity contribution in [2.45, 2.75) is 63.8 Å². The number of fused-ring (bicyclic) bond motifs is 1. The van der Waals surface area contributed by atoms with E-state index in [9.17, 15) is 15.0 Å². The Morgan fingerprint density at radius 1 is 1.14 bits per heavy atom. The molecule has 1 saturated heterocycles. The molecule has 1 aromatic carbocycles. The highest BCUT2D eigenvalue weighted by Crippen LogP contribution is 2.53. The van der Waals surface area contributed by atoms with Gasteiger partial charge in [0.1, 0.15) is 5.69 Å². The normalized spacial score (nSPS) is 32.6. The third-order valence-corrected chi connectivity index (χ3v) is 6.50. The first kappa shape index (κ1) is 19.0. The Kier molecular flexibility index (Phi) is 4.93. The predicted octanol–water partition coefficient (Wildman–Crippen LogP) is 2.65. The largest absolute Gasteiger partial charge is 0.390 e. The highest BCUT2D eigenvalue weighted by atomic mass is 16.3. The average Bonchev–Trinajstić information content (AvgIpc) is 2.96. The molecule has 1 amide bonds. The smallest absolute Gasteiger partial charge is 0.274 e. The lowest BCUT2D eigenvalue weighted by Gasteiger charge is -2.38. The van der Waals surface area contributed by atoms with Crippen molar-refractivity contribution < 1.29 is 15.0 Å². The van der Waals surface area contributed by atoms with Crippen LogP contribution in [0.5, 0.6) is 0 Å². The zero-order chi connectivity index (χ0) is 19.9. The van der Waals surface area contributed by atoms with Crippen LogP contribution in [0.4, 0.5) is 0 Å². The monoisotopic (exact) mass is 381 g/mol. The average molecular weight is 381 g/mol. The lowest BCUT2D eigenvalue weighted by molar-refractivity contribution is -0.0613. The molecule has 1 aliphatic heterocycles. The number of amides is 1. The number of aromatic nitrogens is 2. The van der Waals surface area contributed by atoms with Crippen molar-refractivity contribution in [1.82, 2.24) is 14.9 Å². The first-order chi connectivity index (χ1) is 13.4. The maximum Gasteiger partial charge on any atom is 0.274 e. The van der Waals surface area contributed by atoms with E-state index in [1.165, 1.54) is 6.20 Å². The van der Waals surface area contributed by atoms with Gasteiger partial charge in [-0.25, -0.2) is 4.98 Å². The van der Waals surface area contributed by atoms with E-state index in [1.807, 2.05) is 49.1 Å². The van der Waals surface area contributed by atoms with Crippen LogP contribution in [0, 0.1) is 12.3 Å². The molecular formula is C22H27N3O3. The molecule has 4 rings (SSSR count). The van der Waals surface area contributed by atoms with Gasteiger partial charge in [-0.3, -0.25) is 9.78 Å². The van der Waals surface area contributed by atoms with Crippen LogP contribution in [-0.2, 0) is 0 Å².